The number of hydrogen-bond donors (Lipinski definition) is 2. The van der Waals surface area contributed by atoms with E-state index >= 15 is 0 Å². The van der Waals surface area contributed by atoms with Gasteiger partial charge in [-0.1, -0.05) is 12.1 Å². The van der Waals surface area contributed by atoms with Crippen LogP contribution in [0.15, 0.2) is 65.3 Å². The first-order valence-corrected chi connectivity index (χ1v) is 12.4. The van der Waals surface area contributed by atoms with Gasteiger partial charge in [-0.2, -0.15) is 0 Å². The quantitative estimate of drug-likeness (QED) is 0.384. The van der Waals surface area contributed by atoms with Gasteiger partial charge in [-0.25, -0.2) is 4.39 Å². The number of rotatable bonds is 11. The van der Waals surface area contributed by atoms with E-state index in [-0.39, 0.29) is 24.1 Å². The maximum absolute atomic E-state index is 14.4. The zero-order chi connectivity index (χ0) is 27.8. The third-order valence-corrected chi connectivity index (χ3v) is 6.26. The van der Waals surface area contributed by atoms with Crippen molar-refractivity contribution in [3.63, 3.8) is 0 Å². The fourth-order valence-electron chi connectivity index (χ4n) is 4.36. The van der Waals surface area contributed by atoms with Gasteiger partial charge in [-0.15, -0.1) is 0 Å². The SMILES string of the molecule is COc1ccc([C@@H](C(=O)NC[C@@H]2CCCO2)N(C(=O)CNC(=O)c2ccco2)c2cccc(F)c2)cc1OC. The summed E-state index contributed by atoms with van der Waals surface area (Å²) in [6.07, 6.45) is 2.88. The van der Waals surface area contributed by atoms with E-state index < -0.39 is 36.1 Å². The molecule has 2 atom stereocenters. The minimum Gasteiger partial charge on any atom is -0.493 e. The van der Waals surface area contributed by atoms with E-state index in [1.165, 1.54) is 44.7 Å². The summed E-state index contributed by atoms with van der Waals surface area (Å²) in [5, 5.41) is 5.37. The van der Waals surface area contributed by atoms with E-state index in [4.69, 9.17) is 18.6 Å². The van der Waals surface area contributed by atoms with Crippen LogP contribution in [0.4, 0.5) is 10.1 Å². The molecule has 2 aromatic carbocycles. The predicted octanol–water partition coefficient (Wildman–Crippen LogP) is 3.24. The molecule has 4 rings (SSSR count). The Morgan fingerprint density at radius 2 is 1.87 bits per heavy atom. The molecule has 206 valence electrons. The lowest BCUT2D eigenvalue weighted by atomic mass is 10.0. The molecule has 0 unspecified atom stereocenters. The highest BCUT2D eigenvalue weighted by Gasteiger charge is 2.34. The summed E-state index contributed by atoms with van der Waals surface area (Å²) in [5.41, 5.74) is 0.506. The van der Waals surface area contributed by atoms with Crippen LogP contribution in [0, 0.1) is 5.82 Å². The Balaban J connectivity index is 1.71. The lowest BCUT2D eigenvalue weighted by Crippen LogP contribution is -2.48. The Bertz CT molecular complexity index is 1290. The van der Waals surface area contributed by atoms with E-state index in [1.54, 1.807) is 24.3 Å². The number of benzene rings is 2. The van der Waals surface area contributed by atoms with Crippen LogP contribution in [-0.4, -0.2) is 57.7 Å². The number of halogens is 1. The highest BCUT2D eigenvalue weighted by Crippen LogP contribution is 2.34. The molecule has 3 amide bonds. The molecule has 1 aliphatic heterocycles. The minimum absolute atomic E-state index is 0.0193. The number of hydrogen-bond acceptors (Lipinski definition) is 7. The average Bonchev–Trinajstić information content (AvgIpc) is 3.68. The minimum atomic E-state index is -1.25. The summed E-state index contributed by atoms with van der Waals surface area (Å²) < 4.78 is 35.8. The maximum atomic E-state index is 14.4. The first-order chi connectivity index (χ1) is 18.9. The molecule has 2 N–H and O–H groups in total. The summed E-state index contributed by atoms with van der Waals surface area (Å²) >= 11 is 0. The van der Waals surface area contributed by atoms with Gasteiger partial charge in [0.05, 0.1) is 33.1 Å². The Labute approximate surface area is 225 Å². The van der Waals surface area contributed by atoms with Gasteiger partial charge in [-0.3, -0.25) is 19.3 Å². The molecule has 10 nitrogen and oxygen atoms in total. The van der Waals surface area contributed by atoms with Crippen LogP contribution in [0.1, 0.15) is 35.0 Å². The highest BCUT2D eigenvalue weighted by molar-refractivity contribution is 6.04. The lowest BCUT2D eigenvalue weighted by Gasteiger charge is -2.32. The number of anilines is 1. The molecule has 0 spiro atoms. The Morgan fingerprint density at radius 3 is 2.54 bits per heavy atom. The third kappa shape index (κ3) is 6.74. The van der Waals surface area contributed by atoms with E-state index in [2.05, 4.69) is 10.6 Å². The van der Waals surface area contributed by atoms with Crippen LogP contribution >= 0.6 is 0 Å². The monoisotopic (exact) mass is 539 g/mol. The van der Waals surface area contributed by atoms with Crippen molar-refractivity contribution in [3.8, 4) is 11.5 Å². The third-order valence-electron chi connectivity index (χ3n) is 6.26. The van der Waals surface area contributed by atoms with Gasteiger partial charge >= 0.3 is 0 Å². The summed E-state index contributed by atoms with van der Waals surface area (Å²) in [6.45, 7) is 0.366. The van der Waals surface area contributed by atoms with Crippen LogP contribution in [0.5, 0.6) is 11.5 Å². The molecule has 11 heteroatoms. The van der Waals surface area contributed by atoms with Gasteiger partial charge in [-0.05, 0) is 60.9 Å². The van der Waals surface area contributed by atoms with Crippen molar-refractivity contribution in [1.29, 1.82) is 0 Å². The zero-order valence-corrected chi connectivity index (χ0v) is 21.6. The lowest BCUT2D eigenvalue weighted by molar-refractivity contribution is -0.126. The fraction of sp³-hybridized carbons (Fsp3) is 0.321. The van der Waals surface area contributed by atoms with Crippen molar-refractivity contribution in [2.45, 2.75) is 25.0 Å². The number of furan rings is 1. The number of nitrogens with zero attached hydrogens (tertiary/aromatic N) is 1. The Hall–Kier alpha value is -4.38. The second kappa shape index (κ2) is 12.9. The first-order valence-electron chi connectivity index (χ1n) is 12.4. The molecule has 2 heterocycles. The van der Waals surface area contributed by atoms with Crippen molar-refractivity contribution >= 4 is 23.4 Å². The summed E-state index contributed by atoms with van der Waals surface area (Å²) in [7, 11) is 2.93. The molecule has 3 aromatic rings. The zero-order valence-electron chi connectivity index (χ0n) is 21.6. The Kier molecular flexibility index (Phi) is 9.16. The second-order valence-electron chi connectivity index (χ2n) is 8.80. The average molecular weight is 540 g/mol. The summed E-state index contributed by atoms with van der Waals surface area (Å²) in [5.74, 6) is -1.61. The van der Waals surface area contributed by atoms with E-state index in [0.717, 1.165) is 23.8 Å². The largest absolute Gasteiger partial charge is 0.493 e. The molecule has 0 radical (unpaired) electrons. The molecular weight excluding hydrogens is 509 g/mol. The molecule has 0 saturated carbocycles. The van der Waals surface area contributed by atoms with Crippen LogP contribution < -0.4 is 25.0 Å². The molecule has 1 aliphatic rings. The molecule has 0 aliphatic carbocycles. The smallest absolute Gasteiger partial charge is 0.287 e. The van der Waals surface area contributed by atoms with Crippen molar-refractivity contribution in [1.82, 2.24) is 10.6 Å². The first kappa shape index (κ1) is 27.6. The molecule has 1 aromatic heterocycles. The van der Waals surface area contributed by atoms with Gasteiger partial charge in [0.1, 0.15) is 11.9 Å². The number of carbonyl (C=O) groups excluding carboxylic acids is 3. The second-order valence-corrected chi connectivity index (χ2v) is 8.80. The molecule has 1 fully saturated rings. The van der Waals surface area contributed by atoms with Crippen molar-refractivity contribution in [3.05, 3.63) is 78.0 Å². The van der Waals surface area contributed by atoms with E-state index in [1.807, 2.05) is 0 Å². The van der Waals surface area contributed by atoms with E-state index in [9.17, 15) is 18.8 Å². The van der Waals surface area contributed by atoms with Crippen molar-refractivity contribution in [2.75, 3.05) is 38.8 Å². The topological polar surface area (TPSA) is 119 Å². The van der Waals surface area contributed by atoms with Crippen molar-refractivity contribution < 1.29 is 37.4 Å². The maximum Gasteiger partial charge on any atom is 0.287 e. The van der Waals surface area contributed by atoms with Gasteiger partial charge in [0.25, 0.3) is 5.91 Å². The van der Waals surface area contributed by atoms with Gasteiger partial charge in [0.15, 0.2) is 17.3 Å². The number of ether oxygens (including phenoxy) is 3. The van der Waals surface area contributed by atoms with Gasteiger partial charge in [0, 0.05) is 18.8 Å². The predicted molar refractivity (Wildman–Crippen MR) is 139 cm³/mol. The number of methoxy groups -OCH3 is 2. The summed E-state index contributed by atoms with van der Waals surface area (Å²) in [6, 6.07) is 11.9. The molecule has 39 heavy (non-hydrogen) atoms. The Morgan fingerprint density at radius 1 is 1.05 bits per heavy atom. The molecular formula is C28H30FN3O7. The van der Waals surface area contributed by atoms with E-state index in [0.29, 0.717) is 23.7 Å². The van der Waals surface area contributed by atoms with Crippen molar-refractivity contribution in [2.24, 2.45) is 0 Å². The number of amides is 3. The highest BCUT2D eigenvalue weighted by atomic mass is 19.1. The van der Waals surface area contributed by atoms with Crippen LogP contribution in [0.25, 0.3) is 0 Å². The standard InChI is InChI=1S/C28H30FN3O7/c1-36-22-11-10-18(14-24(22)37-2)26(28(35)30-16-21-8-4-12-38-21)32(20-7-3-6-19(29)15-20)25(33)17-31-27(34)23-9-5-13-39-23/h3,5-7,9-11,13-15,21,26H,4,8,12,16-17H2,1-2H3,(H,30,35)(H,31,34)/t21-,26-/m0/s1. The fourth-order valence-corrected chi connectivity index (χ4v) is 4.36. The molecule has 1 saturated heterocycles. The van der Waals surface area contributed by atoms with Gasteiger partial charge < -0.3 is 29.3 Å². The van der Waals surface area contributed by atoms with Gasteiger partial charge in [0.2, 0.25) is 11.8 Å². The molecule has 0 bridgehead atoms. The van der Waals surface area contributed by atoms with Crippen LogP contribution in [-0.2, 0) is 14.3 Å². The normalized spacial score (nSPS) is 15.3. The van der Waals surface area contributed by atoms with Crippen LogP contribution in [0.3, 0.4) is 0 Å². The summed E-state index contributed by atoms with van der Waals surface area (Å²) in [4.78, 5) is 41.0. The number of carbonyl (C=O) groups is 3. The van der Waals surface area contributed by atoms with Crippen LogP contribution in [0.2, 0.25) is 0 Å². The number of nitrogens with one attached hydrogen (secondary N) is 2.